The van der Waals surface area contributed by atoms with Gasteiger partial charge in [0, 0.05) is 6.04 Å². The molecule has 0 heterocycles. The third-order valence-corrected chi connectivity index (χ3v) is 2.45. The van der Waals surface area contributed by atoms with Crippen LogP contribution in [0, 0.1) is 5.92 Å². The van der Waals surface area contributed by atoms with Crippen LogP contribution < -0.4 is 5.73 Å². The molecule has 0 aliphatic heterocycles. The highest BCUT2D eigenvalue weighted by Gasteiger charge is 2.07. The summed E-state index contributed by atoms with van der Waals surface area (Å²) in [4.78, 5) is 0. The van der Waals surface area contributed by atoms with Gasteiger partial charge in [-0.15, -0.1) is 0 Å². The average Bonchev–Trinajstić information content (AvgIpc) is 2.03. The van der Waals surface area contributed by atoms with E-state index in [4.69, 9.17) is 5.73 Å². The fourth-order valence-corrected chi connectivity index (χ4v) is 1.28. The summed E-state index contributed by atoms with van der Waals surface area (Å²) in [7, 11) is 0. The van der Waals surface area contributed by atoms with Crippen molar-refractivity contribution in [3.63, 3.8) is 0 Å². The second-order valence-corrected chi connectivity index (χ2v) is 3.82. The molecule has 0 aliphatic rings. The van der Waals surface area contributed by atoms with Crippen molar-refractivity contribution in [3.05, 3.63) is 12.2 Å². The Kier molecular flexibility index (Phi) is 6.09. The van der Waals surface area contributed by atoms with Gasteiger partial charge in [-0.05, 0) is 25.2 Å². The molecule has 0 radical (unpaired) electrons. The monoisotopic (exact) mass is 169 g/mol. The summed E-state index contributed by atoms with van der Waals surface area (Å²) in [5.74, 6) is 0.754. The summed E-state index contributed by atoms with van der Waals surface area (Å²) < 4.78 is 0. The minimum absolute atomic E-state index is 0.326. The van der Waals surface area contributed by atoms with Gasteiger partial charge in [0.15, 0.2) is 0 Å². The minimum atomic E-state index is 0.326. The summed E-state index contributed by atoms with van der Waals surface area (Å²) in [6, 6.07) is 0.326. The zero-order valence-corrected chi connectivity index (χ0v) is 8.77. The summed E-state index contributed by atoms with van der Waals surface area (Å²) in [5, 5.41) is 0. The van der Waals surface area contributed by atoms with E-state index < -0.39 is 0 Å². The Hall–Kier alpha value is -0.300. The maximum Gasteiger partial charge on any atom is 0.00785 e. The SMILES string of the molecule is C=C(CC)CC(N)CC(C)CC. The first kappa shape index (κ1) is 11.7. The summed E-state index contributed by atoms with van der Waals surface area (Å²) >= 11 is 0. The second kappa shape index (κ2) is 6.24. The van der Waals surface area contributed by atoms with Crippen LogP contribution in [-0.2, 0) is 0 Å². The van der Waals surface area contributed by atoms with Gasteiger partial charge in [-0.1, -0.05) is 39.3 Å². The molecule has 2 N–H and O–H groups in total. The summed E-state index contributed by atoms with van der Waals surface area (Å²) in [6.45, 7) is 10.6. The Balaban J connectivity index is 3.58. The van der Waals surface area contributed by atoms with Crippen LogP contribution in [0.2, 0.25) is 0 Å². The van der Waals surface area contributed by atoms with Crippen molar-refractivity contribution >= 4 is 0 Å². The zero-order chi connectivity index (χ0) is 9.56. The lowest BCUT2D eigenvalue weighted by Gasteiger charge is -2.16. The van der Waals surface area contributed by atoms with E-state index in [0.29, 0.717) is 6.04 Å². The quantitative estimate of drug-likeness (QED) is 0.607. The number of hydrogen-bond donors (Lipinski definition) is 1. The highest BCUT2D eigenvalue weighted by atomic mass is 14.6. The van der Waals surface area contributed by atoms with E-state index in [1.807, 2.05) is 0 Å². The van der Waals surface area contributed by atoms with Gasteiger partial charge in [-0.3, -0.25) is 0 Å². The fourth-order valence-electron chi connectivity index (χ4n) is 1.28. The second-order valence-electron chi connectivity index (χ2n) is 3.82. The zero-order valence-electron chi connectivity index (χ0n) is 8.77. The van der Waals surface area contributed by atoms with Gasteiger partial charge in [0.2, 0.25) is 0 Å². The molecule has 0 saturated carbocycles. The van der Waals surface area contributed by atoms with Gasteiger partial charge in [-0.25, -0.2) is 0 Å². The summed E-state index contributed by atoms with van der Waals surface area (Å²) in [6.07, 6.45) is 4.43. The van der Waals surface area contributed by atoms with E-state index in [1.54, 1.807) is 0 Å². The van der Waals surface area contributed by atoms with Crippen LogP contribution in [0.3, 0.4) is 0 Å². The van der Waals surface area contributed by atoms with Crippen LogP contribution in [0.15, 0.2) is 12.2 Å². The molecule has 12 heavy (non-hydrogen) atoms. The molecule has 1 nitrogen and oxygen atoms in total. The average molecular weight is 169 g/mol. The number of hydrogen-bond acceptors (Lipinski definition) is 1. The molecule has 0 aromatic heterocycles. The third-order valence-electron chi connectivity index (χ3n) is 2.45. The molecule has 1 heteroatoms. The van der Waals surface area contributed by atoms with Crippen LogP contribution in [0.5, 0.6) is 0 Å². The van der Waals surface area contributed by atoms with E-state index >= 15 is 0 Å². The largest absolute Gasteiger partial charge is 0.327 e. The topological polar surface area (TPSA) is 26.0 Å². The number of nitrogens with two attached hydrogens (primary N) is 1. The Morgan fingerprint density at radius 3 is 2.42 bits per heavy atom. The molecule has 0 rings (SSSR count). The van der Waals surface area contributed by atoms with Crippen LogP contribution in [-0.4, -0.2) is 6.04 Å². The maximum absolute atomic E-state index is 5.97. The van der Waals surface area contributed by atoms with Gasteiger partial charge >= 0.3 is 0 Å². The fraction of sp³-hybridized carbons (Fsp3) is 0.818. The molecule has 72 valence electrons. The molecule has 0 aromatic rings. The first-order valence-corrected chi connectivity index (χ1v) is 5.02. The van der Waals surface area contributed by atoms with Gasteiger partial charge in [-0.2, -0.15) is 0 Å². The Morgan fingerprint density at radius 2 is 2.00 bits per heavy atom. The molecule has 0 fully saturated rings. The lowest BCUT2D eigenvalue weighted by atomic mass is 9.95. The van der Waals surface area contributed by atoms with Crippen LogP contribution in [0.1, 0.15) is 46.5 Å². The Labute approximate surface area is 77.0 Å². The molecule has 0 amide bonds. The smallest absolute Gasteiger partial charge is 0.00785 e. The molecule has 0 aliphatic carbocycles. The van der Waals surface area contributed by atoms with Crippen molar-refractivity contribution in [2.24, 2.45) is 11.7 Å². The van der Waals surface area contributed by atoms with Crippen molar-refractivity contribution in [2.45, 2.75) is 52.5 Å². The standard InChI is InChI=1S/C11H23N/c1-5-9(3)7-11(12)8-10(4)6-2/h10-11H,3,5-8,12H2,1-2,4H3. The molecule has 0 saturated heterocycles. The maximum atomic E-state index is 5.97. The van der Waals surface area contributed by atoms with Crippen molar-refractivity contribution in [1.82, 2.24) is 0 Å². The van der Waals surface area contributed by atoms with Crippen LogP contribution in [0.25, 0.3) is 0 Å². The van der Waals surface area contributed by atoms with E-state index in [1.165, 1.54) is 12.0 Å². The lowest BCUT2D eigenvalue weighted by Crippen LogP contribution is -2.22. The molecule has 2 atom stereocenters. The Bertz CT molecular complexity index is 129. The normalized spacial score (nSPS) is 15.7. The summed E-state index contributed by atoms with van der Waals surface area (Å²) in [5.41, 5.74) is 7.25. The highest BCUT2D eigenvalue weighted by Crippen LogP contribution is 2.14. The van der Waals surface area contributed by atoms with Crippen LogP contribution >= 0.6 is 0 Å². The van der Waals surface area contributed by atoms with Gasteiger partial charge in [0.1, 0.15) is 0 Å². The van der Waals surface area contributed by atoms with Gasteiger partial charge in [0.05, 0.1) is 0 Å². The van der Waals surface area contributed by atoms with E-state index in [0.717, 1.165) is 25.2 Å². The molecule has 2 unspecified atom stereocenters. The van der Waals surface area contributed by atoms with Gasteiger partial charge in [0.25, 0.3) is 0 Å². The molecular formula is C11H23N. The third kappa shape index (κ3) is 5.36. The molecule has 0 spiro atoms. The predicted molar refractivity (Wildman–Crippen MR) is 56.1 cm³/mol. The lowest BCUT2D eigenvalue weighted by molar-refractivity contribution is 0.448. The van der Waals surface area contributed by atoms with Gasteiger partial charge < -0.3 is 5.73 Å². The molecule has 0 bridgehead atoms. The van der Waals surface area contributed by atoms with E-state index in [2.05, 4.69) is 27.4 Å². The Morgan fingerprint density at radius 1 is 1.42 bits per heavy atom. The molecule has 0 aromatic carbocycles. The van der Waals surface area contributed by atoms with Crippen molar-refractivity contribution in [1.29, 1.82) is 0 Å². The molecular weight excluding hydrogens is 146 g/mol. The minimum Gasteiger partial charge on any atom is -0.327 e. The van der Waals surface area contributed by atoms with Crippen LogP contribution in [0.4, 0.5) is 0 Å². The van der Waals surface area contributed by atoms with E-state index in [-0.39, 0.29) is 0 Å². The van der Waals surface area contributed by atoms with E-state index in [9.17, 15) is 0 Å². The van der Waals surface area contributed by atoms with Crippen molar-refractivity contribution in [3.8, 4) is 0 Å². The highest BCUT2D eigenvalue weighted by molar-refractivity contribution is 4.95. The predicted octanol–water partition coefficient (Wildman–Crippen LogP) is 3.11. The first-order chi connectivity index (χ1) is 5.60. The number of rotatable bonds is 6. The van der Waals surface area contributed by atoms with Crippen molar-refractivity contribution in [2.75, 3.05) is 0 Å². The van der Waals surface area contributed by atoms with Crippen molar-refractivity contribution < 1.29 is 0 Å². The first-order valence-electron chi connectivity index (χ1n) is 5.02.